The van der Waals surface area contributed by atoms with Crippen LogP contribution in [0, 0.1) is 0 Å². The number of hydrogen-bond acceptors (Lipinski definition) is 4. The standard InChI is InChI=1S/C13H20N2O4S/c1-2-14-13(16)15-7-5-12(6-8-15)20(17,18)10-11-4-3-9-19-11/h3-4,9,12H,2,5-8,10H2,1H3,(H,14,16). The van der Waals surface area contributed by atoms with Crippen LogP contribution < -0.4 is 5.32 Å². The maximum absolute atomic E-state index is 12.3. The molecule has 0 radical (unpaired) electrons. The number of amides is 2. The van der Waals surface area contributed by atoms with Crippen molar-refractivity contribution >= 4 is 15.9 Å². The Balaban J connectivity index is 1.91. The van der Waals surface area contributed by atoms with Gasteiger partial charge in [0.15, 0.2) is 9.84 Å². The number of nitrogens with zero attached hydrogens (tertiary/aromatic N) is 1. The summed E-state index contributed by atoms with van der Waals surface area (Å²) in [5, 5.41) is 2.34. The Morgan fingerprint density at radius 2 is 2.15 bits per heavy atom. The second-order valence-electron chi connectivity index (χ2n) is 4.91. The number of piperidine rings is 1. The Bertz CT molecular complexity index is 531. The summed E-state index contributed by atoms with van der Waals surface area (Å²) in [6.45, 7) is 3.40. The van der Waals surface area contributed by atoms with E-state index in [1.54, 1.807) is 17.0 Å². The maximum Gasteiger partial charge on any atom is 0.317 e. The van der Waals surface area contributed by atoms with Crippen molar-refractivity contribution in [2.45, 2.75) is 30.8 Å². The lowest BCUT2D eigenvalue weighted by atomic mass is 10.1. The van der Waals surface area contributed by atoms with E-state index in [0.29, 0.717) is 38.2 Å². The molecule has 2 heterocycles. The summed E-state index contributed by atoms with van der Waals surface area (Å²) < 4.78 is 29.7. The fourth-order valence-corrected chi connectivity index (χ4v) is 4.12. The van der Waals surface area contributed by atoms with E-state index in [1.807, 2.05) is 6.92 Å². The molecule has 0 aromatic carbocycles. The monoisotopic (exact) mass is 300 g/mol. The molecule has 1 aromatic rings. The smallest absolute Gasteiger partial charge is 0.317 e. The number of likely N-dealkylation sites (tertiary alicyclic amines) is 1. The third-order valence-corrected chi connectivity index (χ3v) is 5.66. The fraction of sp³-hybridized carbons (Fsp3) is 0.615. The lowest BCUT2D eigenvalue weighted by Gasteiger charge is -2.31. The first-order chi connectivity index (χ1) is 9.53. The molecule has 0 aliphatic carbocycles. The Labute approximate surface area is 119 Å². The van der Waals surface area contributed by atoms with Crippen LogP contribution in [0.4, 0.5) is 4.79 Å². The van der Waals surface area contributed by atoms with Gasteiger partial charge in [-0.15, -0.1) is 0 Å². The molecule has 1 N–H and O–H groups in total. The molecule has 0 atom stereocenters. The SMILES string of the molecule is CCNC(=O)N1CCC(S(=O)(=O)Cc2ccco2)CC1. The molecule has 7 heteroatoms. The fourth-order valence-electron chi connectivity index (χ4n) is 2.39. The van der Waals surface area contributed by atoms with Gasteiger partial charge in [-0.2, -0.15) is 0 Å². The van der Waals surface area contributed by atoms with Crippen LogP contribution in [0.25, 0.3) is 0 Å². The highest BCUT2D eigenvalue weighted by atomic mass is 32.2. The van der Waals surface area contributed by atoms with Gasteiger partial charge in [0.25, 0.3) is 0 Å². The molecule has 2 amide bonds. The third-order valence-electron chi connectivity index (χ3n) is 3.49. The van der Waals surface area contributed by atoms with Gasteiger partial charge in [0, 0.05) is 19.6 Å². The Kier molecular flexibility index (Phi) is 4.69. The van der Waals surface area contributed by atoms with E-state index < -0.39 is 15.1 Å². The van der Waals surface area contributed by atoms with Crippen molar-refractivity contribution in [1.29, 1.82) is 0 Å². The van der Waals surface area contributed by atoms with Crippen molar-refractivity contribution in [3.8, 4) is 0 Å². The highest BCUT2D eigenvalue weighted by Gasteiger charge is 2.32. The lowest BCUT2D eigenvalue weighted by molar-refractivity contribution is 0.187. The molecule has 1 saturated heterocycles. The van der Waals surface area contributed by atoms with Crippen molar-refractivity contribution in [3.05, 3.63) is 24.2 Å². The number of sulfone groups is 1. The topological polar surface area (TPSA) is 79.6 Å². The zero-order chi connectivity index (χ0) is 14.6. The number of carbonyl (C=O) groups excluding carboxylic acids is 1. The van der Waals surface area contributed by atoms with Gasteiger partial charge in [-0.05, 0) is 31.9 Å². The van der Waals surface area contributed by atoms with Gasteiger partial charge in [-0.3, -0.25) is 0 Å². The van der Waals surface area contributed by atoms with E-state index in [9.17, 15) is 13.2 Å². The molecule has 1 aliphatic heterocycles. The van der Waals surface area contributed by atoms with Crippen molar-refractivity contribution in [1.82, 2.24) is 10.2 Å². The van der Waals surface area contributed by atoms with Gasteiger partial charge in [0.05, 0.1) is 11.5 Å². The first kappa shape index (κ1) is 14.9. The number of rotatable bonds is 4. The van der Waals surface area contributed by atoms with E-state index >= 15 is 0 Å². The molecule has 0 unspecified atom stereocenters. The number of carbonyl (C=O) groups is 1. The highest BCUT2D eigenvalue weighted by molar-refractivity contribution is 7.91. The van der Waals surface area contributed by atoms with Gasteiger partial charge in [0.1, 0.15) is 11.5 Å². The molecule has 1 fully saturated rings. The van der Waals surface area contributed by atoms with E-state index in [0.717, 1.165) is 0 Å². The molecular weight excluding hydrogens is 280 g/mol. The van der Waals surface area contributed by atoms with Crippen LogP contribution in [0.1, 0.15) is 25.5 Å². The minimum Gasteiger partial charge on any atom is -0.468 e. The van der Waals surface area contributed by atoms with Gasteiger partial charge < -0.3 is 14.6 Å². The average molecular weight is 300 g/mol. The first-order valence-electron chi connectivity index (χ1n) is 6.79. The van der Waals surface area contributed by atoms with Gasteiger partial charge in [-0.25, -0.2) is 13.2 Å². The molecule has 112 valence electrons. The zero-order valence-corrected chi connectivity index (χ0v) is 12.4. The summed E-state index contributed by atoms with van der Waals surface area (Å²) >= 11 is 0. The average Bonchev–Trinajstić information content (AvgIpc) is 2.91. The van der Waals surface area contributed by atoms with Crippen molar-refractivity contribution in [2.75, 3.05) is 19.6 Å². The van der Waals surface area contributed by atoms with Crippen LogP contribution in [0.3, 0.4) is 0 Å². The predicted molar refractivity (Wildman–Crippen MR) is 75.0 cm³/mol. The molecule has 20 heavy (non-hydrogen) atoms. The van der Waals surface area contributed by atoms with Crippen LogP contribution in [0.2, 0.25) is 0 Å². The second-order valence-corrected chi connectivity index (χ2v) is 7.19. The van der Waals surface area contributed by atoms with Crippen LogP contribution in [0.5, 0.6) is 0 Å². The molecule has 0 bridgehead atoms. The first-order valence-corrected chi connectivity index (χ1v) is 8.51. The molecule has 1 aromatic heterocycles. The summed E-state index contributed by atoms with van der Waals surface area (Å²) in [4.78, 5) is 13.3. The largest absolute Gasteiger partial charge is 0.468 e. The van der Waals surface area contributed by atoms with Crippen molar-refractivity contribution in [2.24, 2.45) is 0 Å². The van der Waals surface area contributed by atoms with Gasteiger partial charge >= 0.3 is 6.03 Å². The normalized spacial score (nSPS) is 17.1. The molecule has 0 saturated carbocycles. The Hall–Kier alpha value is -1.50. The summed E-state index contributed by atoms with van der Waals surface area (Å²) in [5.74, 6) is 0.405. The van der Waals surface area contributed by atoms with E-state index in [-0.39, 0.29) is 11.8 Å². The molecule has 1 aliphatic rings. The predicted octanol–water partition coefficient (Wildman–Crippen LogP) is 1.39. The quantitative estimate of drug-likeness (QED) is 0.911. The van der Waals surface area contributed by atoms with Gasteiger partial charge in [-0.1, -0.05) is 0 Å². The van der Waals surface area contributed by atoms with Gasteiger partial charge in [0.2, 0.25) is 0 Å². The van der Waals surface area contributed by atoms with Crippen LogP contribution in [-0.4, -0.2) is 44.2 Å². The Morgan fingerprint density at radius 3 is 2.70 bits per heavy atom. The number of urea groups is 1. The van der Waals surface area contributed by atoms with E-state index in [1.165, 1.54) is 6.26 Å². The highest BCUT2D eigenvalue weighted by Crippen LogP contribution is 2.21. The third kappa shape index (κ3) is 3.53. The number of hydrogen-bond donors (Lipinski definition) is 1. The molecular formula is C13H20N2O4S. The van der Waals surface area contributed by atoms with Crippen molar-refractivity contribution in [3.63, 3.8) is 0 Å². The van der Waals surface area contributed by atoms with Crippen LogP contribution in [0.15, 0.2) is 22.8 Å². The summed E-state index contributed by atoms with van der Waals surface area (Å²) in [7, 11) is -3.22. The number of nitrogens with one attached hydrogen (secondary N) is 1. The van der Waals surface area contributed by atoms with Crippen LogP contribution in [-0.2, 0) is 15.6 Å². The second kappa shape index (κ2) is 6.30. The van der Waals surface area contributed by atoms with E-state index in [2.05, 4.69) is 5.32 Å². The minimum absolute atomic E-state index is 0.0637. The zero-order valence-electron chi connectivity index (χ0n) is 11.5. The minimum atomic E-state index is -3.22. The summed E-state index contributed by atoms with van der Waals surface area (Å²) in [6.07, 6.45) is 2.45. The molecule has 0 spiro atoms. The molecule has 6 nitrogen and oxygen atoms in total. The van der Waals surface area contributed by atoms with Crippen LogP contribution >= 0.6 is 0 Å². The molecule has 2 rings (SSSR count). The Morgan fingerprint density at radius 1 is 1.45 bits per heavy atom. The maximum atomic E-state index is 12.3. The van der Waals surface area contributed by atoms with Crippen molar-refractivity contribution < 1.29 is 17.6 Å². The summed E-state index contributed by atoms with van der Waals surface area (Å²) in [5.41, 5.74) is 0. The summed E-state index contributed by atoms with van der Waals surface area (Å²) in [6, 6.07) is 3.23. The van der Waals surface area contributed by atoms with E-state index in [4.69, 9.17) is 4.42 Å². The number of furan rings is 1. The lowest BCUT2D eigenvalue weighted by Crippen LogP contribution is -2.46.